The first-order valence-electron chi connectivity index (χ1n) is 5.13. The lowest BCUT2D eigenvalue weighted by molar-refractivity contribution is -0.136. The molecule has 0 unspecified atom stereocenters. The molecule has 0 rings (SSSR count). The summed E-state index contributed by atoms with van der Waals surface area (Å²) in [6.45, 7) is 0.668. The van der Waals surface area contributed by atoms with Crippen molar-refractivity contribution in [2.75, 3.05) is 13.1 Å². The smallest absolute Gasteiger partial charge is 0.332 e. The summed E-state index contributed by atoms with van der Waals surface area (Å²) in [4.78, 5) is 21.8. The van der Waals surface area contributed by atoms with Gasteiger partial charge in [-0.25, -0.2) is 9.59 Å². The molecule has 0 aromatic carbocycles. The van der Waals surface area contributed by atoms with Gasteiger partial charge in [0.15, 0.2) is 0 Å². The van der Waals surface area contributed by atoms with Crippen molar-refractivity contribution in [3.63, 3.8) is 0 Å². The zero-order valence-electron chi connectivity index (χ0n) is 9.11. The minimum atomic E-state index is -1.19. The molecular weight excluding hydrogens is 212 g/mol. The lowest BCUT2D eigenvalue weighted by atomic mass is 9.99. The third-order valence-electron chi connectivity index (χ3n) is 2.14. The molecule has 92 valence electrons. The SMILES string of the molecule is NCCC/C(C(=O)O)=C(\CCCN)C(=O)O. The fourth-order valence-electron chi connectivity index (χ4n) is 1.33. The van der Waals surface area contributed by atoms with E-state index in [2.05, 4.69) is 0 Å². The quantitative estimate of drug-likeness (QED) is 0.432. The van der Waals surface area contributed by atoms with Crippen LogP contribution in [0.2, 0.25) is 0 Å². The first kappa shape index (κ1) is 14.6. The van der Waals surface area contributed by atoms with E-state index in [1.807, 2.05) is 0 Å². The molecule has 0 radical (unpaired) electrons. The van der Waals surface area contributed by atoms with E-state index in [-0.39, 0.29) is 24.0 Å². The van der Waals surface area contributed by atoms with Gasteiger partial charge in [0.1, 0.15) is 0 Å². The van der Waals surface area contributed by atoms with Crippen LogP contribution in [0, 0.1) is 0 Å². The van der Waals surface area contributed by atoms with Crippen molar-refractivity contribution in [1.82, 2.24) is 0 Å². The second-order valence-corrected chi connectivity index (χ2v) is 3.35. The van der Waals surface area contributed by atoms with Gasteiger partial charge in [-0.1, -0.05) is 0 Å². The molecule has 0 aliphatic rings. The van der Waals surface area contributed by atoms with Gasteiger partial charge in [0.05, 0.1) is 0 Å². The Morgan fingerprint density at radius 1 is 0.812 bits per heavy atom. The lowest BCUT2D eigenvalue weighted by Crippen LogP contribution is -2.14. The normalized spacial score (nSPS) is 12.1. The Hall–Kier alpha value is -1.40. The molecule has 0 aliphatic carbocycles. The maximum Gasteiger partial charge on any atom is 0.332 e. The average Bonchev–Trinajstić information content (AvgIpc) is 2.21. The summed E-state index contributed by atoms with van der Waals surface area (Å²) in [7, 11) is 0. The van der Waals surface area contributed by atoms with Crippen molar-refractivity contribution >= 4 is 11.9 Å². The van der Waals surface area contributed by atoms with Crippen LogP contribution in [-0.4, -0.2) is 35.2 Å². The third-order valence-corrected chi connectivity index (χ3v) is 2.14. The second-order valence-electron chi connectivity index (χ2n) is 3.35. The van der Waals surface area contributed by atoms with Crippen molar-refractivity contribution < 1.29 is 19.8 Å². The van der Waals surface area contributed by atoms with Crippen molar-refractivity contribution in [3.8, 4) is 0 Å². The Morgan fingerprint density at radius 2 is 1.12 bits per heavy atom. The maximum atomic E-state index is 10.9. The number of carboxylic acids is 2. The molecule has 0 saturated heterocycles. The zero-order valence-corrected chi connectivity index (χ0v) is 9.11. The van der Waals surface area contributed by atoms with Crippen LogP contribution < -0.4 is 11.5 Å². The van der Waals surface area contributed by atoms with Crippen molar-refractivity contribution in [2.24, 2.45) is 11.5 Å². The number of aliphatic carboxylic acids is 2. The summed E-state index contributed by atoms with van der Waals surface area (Å²) in [5.74, 6) is -2.38. The highest BCUT2D eigenvalue weighted by Crippen LogP contribution is 2.16. The Morgan fingerprint density at radius 3 is 1.31 bits per heavy atom. The number of carboxylic acid groups (broad SMARTS) is 2. The van der Waals surface area contributed by atoms with Crippen LogP contribution in [0.25, 0.3) is 0 Å². The predicted molar refractivity (Wildman–Crippen MR) is 58.9 cm³/mol. The van der Waals surface area contributed by atoms with Gasteiger partial charge in [-0.2, -0.15) is 0 Å². The van der Waals surface area contributed by atoms with Crippen LogP contribution in [-0.2, 0) is 9.59 Å². The number of carbonyl (C=O) groups is 2. The minimum absolute atomic E-state index is 0.0635. The molecular formula is C10H18N2O4. The molecule has 6 nitrogen and oxygen atoms in total. The molecule has 0 aliphatic heterocycles. The maximum absolute atomic E-state index is 10.9. The van der Waals surface area contributed by atoms with Gasteiger partial charge in [0, 0.05) is 11.1 Å². The van der Waals surface area contributed by atoms with E-state index in [9.17, 15) is 9.59 Å². The van der Waals surface area contributed by atoms with Gasteiger partial charge in [0.25, 0.3) is 0 Å². The molecule has 0 bridgehead atoms. The molecule has 0 aromatic rings. The van der Waals surface area contributed by atoms with E-state index in [1.165, 1.54) is 0 Å². The largest absolute Gasteiger partial charge is 0.478 e. The Kier molecular flexibility index (Phi) is 7.15. The van der Waals surface area contributed by atoms with Gasteiger partial charge >= 0.3 is 11.9 Å². The Balaban J connectivity index is 4.94. The summed E-state index contributed by atoms with van der Waals surface area (Å²) in [6.07, 6.45) is 1.28. The average molecular weight is 230 g/mol. The molecule has 0 aromatic heterocycles. The van der Waals surface area contributed by atoms with E-state index in [0.29, 0.717) is 25.9 Å². The van der Waals surface area contributed by atoms with E-state index < -0.39 is 11.9 Å². The minimum Gasteiger partial charge on any atom is -0.478 e. The third kappa shape index (κ3) is 4.90. The molecule has 0 spiro atoms. The van der Waals surface area contributed by atoms with Gasteiger partial charge in [0.2, 0.25) is 0 Å². The highest BCUT2D eigenvalue weighted by Gasteiger charge is 2.18. The standard InChI is InChI=1S/C10H18N2O4/c11-5-1-3-7(9(13)14)8(10(15)16)4-2-6-12/h1-6,11-12H2,(H,13,14)(H,15,16)/b8-7-. The number of hydrogen-bond donors (Lipinski definition) is 4. The zero-order chi connectivity index (χ0) is 12.6. The van der Waals surface area contributed by atoms with E-state index in [4.69, 9.17) is 21.7 Å². The fourth-order valence-corrected chi connectivity index (χ4v) is 1.33. The van der Waals surface area contributed by atoms with Gasteiger partial charge in [-0.05, 0) is 38.8 Å². The summed E-state index contributed by atoms with van der Waals surface area (Å²) < 4.78 is 0. The molecule has 0 heterocycles. The van der Waals surface area contributed by atoms with Crippen LogP contribution in [0.1, 0.15) is 25.7 Å². The van der Waals surface area contributed by atoms with E-state index in [1.54, 1.807) is 0 Å². The van der Waals surface area contributed by atoms with Crippen LogP contribution in [0.15, 0.2) is 11.1 Å². The number of hydrogen-bond acceptors (Lipinski definition) is 4. The number of nitrogens with two attached hydrogens (primary N) is 2. The first-order valence-corrected chi connectivity index (χ1v) is 5.13. The van der Waals surface area contributed by atoms with Crippen molar-refractivity contribution in [3.05, 3.63) is 11.1 Å². The lowest BCUT2D eigenvalue weighted by Gasteiger charge is -2.07. The van der Waals surface area contributed by atoms with Crippen LogP contribution in [0.4, 0.5) is 0 Å². The Labute approximate surface area is 93.9 Å². The highest BCUT2D eigenvalue weighted by atomic mass is 16.4. The second kappa shape index (κ2) is 7.84. The molecule has 0 fully saturated rings. The fraction of sp³-hybridized carbons (Fsp3) is 0.600. The summed E-state index contributed by atoms with van der Waals surface area (Å²) in [5, 5.41) is 17.9. The molecule has 0 atom stereocenters. The van der Waals surface area contributed by atoms with Crippen molar-refractivity contribution in [2.45, 2.75) is 25.7 Å². The van der Waals surface area contributed by atoms with E-state index in [0.717, 1.165) is 0 Å². The monoisotopic (exact) mass is 230 g/mol. The summed E-state index contributed by atoms with van der Waals surface area (Å²) in [6, 6.07) is 0. The molecule has 0 amide bonds. The first-order chi connectivity index (χ1) is 7.54. The number of rotatable bonds is 8. The molecule has 16 heavy (non-hydrogen) atoms. The Bertz CT molecular complexity index is 259. The van der Waals surface area contributed by atoms with Crippen LogP contribution in [0.3, 0.4) is 0 Å². The summed E-state index contributed by atoms with van der Waals surface area (Å²) in [5.41, 5.74) is 10.4. The topological polar surface area (TPSA) is 127 Å². The summed E-state index contributed by atoms with van der Waals surface area (Å²) >= 11 is 0. The highest BCUT2D eigenvalue weighted by molar-refractivity contribution is 5.98. The van der Waals surface area contributed by atoms with E-state index >= 15 is 0 Å². The van der Waals surface area contributed by atoms with Crippen LogP contribution in [0.5, 0.6) is 0 Å². The molecule has 6 N–H and O–H groups in total. The van der Waals surface area contributed by atoms with Gasteiger partial charge in [-0.3, -0.25) is 0 Å². The van der Waals surface area contributed by atoms with Crippen LogP contribution >= 0.6 is 0 Å². The van der Waals surface area contributed by atoms with Gasteiger partial charge in [-0.15, -0.1) is 0 Å². The molecule has 0 saturated carbocycles. The van der Waals surface area contributed by atoms with Crippen molar-refractivity contribution in [1.29, 1.82) is 0 Å². The van der Waals surface area contributed by atoms with Gasteiger partial charge < -0.3 is 21.7 Å². The predicted octanol–water partition coefficient (Wildman–Crippen LogP) is -0.0700. The molecule has 6 heteroatoms.